The highest BCUT2D eigenvalue weighted by molar-refractivity contribution is 6.44. The summed E-state index contributed by atoms with van der Waals surface area (Å²) in [6, 6.07) is 2.99. The minimum Gasteiger partial charge on any atom is -0.507 e. The fraction of sp³-hybridized carbons (Fsp3) is 0.529. The normalized spacial score (nSPS) is 21.3. The first kappa shape index (κ1) is 21.3. The van der Waals surface area contributed by atoms with Crippen molar-refractivity contribution in [3.8, 4) is 11.5 Å². The van der Waals surface area contributed by atoms with E-state index in [0.29, 0.717) is 25.1 Å². The number of aliphatic hydroxyl groups excluding tert-OH is 1. The molecule has 1 unspecified atom stereocenters. The third kappa shape index (κ3) is 4.97. The molecule has 6 N–H and O–H groups in total. The molecular weight excluding hydrogens is 387 g/mol. The lowest BCUT2D eigenvalue weighted by Crippen LogP contribution is -2.56. The summed E-state index contributed by atoms with van der Waals surface area (Å²) in [7, 11) is -1.52. The molecule has 1 heterocycles. The van der Waals surface area contributed by atoms with E-state index in [2.05, 4.69) is 5.48 Å². The molecule has 2 atom stereocenters. The van der Waals surface area contributed by atoms with E-state index in [1.807, 2.05) is 0 Å². The summed E-state index contributed by atoms with van der Waals surface area (Å²) in [6.07, 6.45) is 0.101. The number of nitrogens with one attached hydrogen (secondary N) is 1. The number of nitrogens with zero attached hydrogens (tertiary/aromatic N) is 1. The Kier molecular flexibility index (Phi) is 6.60. The van der Waals surface area contributed by atoms with Crippen LogP contribution in [0.3, 0.4) is 0 Å². The lowest BCUT2D eigenvalue weighted by Gasteiger charge is -2.38. The van der Waals surface area contributed by atoms with Crippen LogP contribution < -0.4 is 10.2 Å². The van der Waals surface area contributed by atoms with Gasteiger partial charge < -0.3 is 30.1 Å². The van der Waals surface area contributed by atoms with Crippen molar-refractivity contribution in [1.82, 2.24) is 10.4 Å². The van der Waals surface area contributed by atoms with Crippen LogP contribution in [0.1, 0.15) is 28.3 Å². The molecule has 158 valence electrons. The Morgan fingerprint density at radius 2 is 2.00 bits per heavy atom. The Balaban J connectivity index is 1.57. The third-order valence-corrected chi connectivity index (χ3v) is 4.97. The molecule has 0 aromatic heterocycles. The molecule has 1 saturated heterocycles. The highest BCUT2D eigenvalue weighted by Gasteiger charge is 2.48. The summed E-state index contributed by atoms with van der Waals surface area (Å²) in [5.74, 6) is -2.89. The highest BCUT2D eigenvalue weighted by Crippen LogP contribution is 2.56. The van der Waals surface area contributed by atoms with E-state index in [0.717, 1.165) is 0 Å². The number of hydrogen-bond acceptors (Lipinski definition) is 9. The van der Waals surface area contributed by atoms with Crippen molar-refractivity contribution in [3.05, 3.63) is 23.3 Å². The van der Waals surface area contributed by atoms with Crippen molar-refractivity contribution in [2.45, 2.75) is 24.3 Å². The second-order valence-electron chi connectivity index (χ2n) is 7.13. The number of hydroxylamine groups is 1. The number of ether oxygens (including phenoxy) is 1. The number of aromatic carboxylic acids is 1. The monoisotopic (exact) mass is 410 g/mol. The lowest BCUT2D eigenvalue weighted by molar-refractivity contribution is -0.137. The number of aliphatic hydroxyl groups is 1. The number of amides is 1. The molecule has 1 aliphatic carbocycles. The molecule has 12 heteroatoms. The quantitative estimate of drug-likeness (QED) is 0.152. The number of carbonyl (C=O) groups excluding carboxylic acids is 1. The van der Waals surface area contributed by atoms with E-state index in [9.17, 15) is 29.9 Å². The number of carboxylic acids is 1. The molecule has 29 heavy (non-hydrogen) atoms. The van der Waals surface area contributed by atoms with Gasteiger partial charge in [0.1, 0.15) is 23.2 Å². The fourth-order valence-corrected chi connectivity index (χ4v) is 3.41. The molecule has 2 fully saturated rings. The first-order valence-corrected chi connectivity index (χ1v) is 9.17. The van der Waals surface area contributed by atoms with Crippen LogP contribution in [0.4, 0.5) is 0 Å². The summed E-state index contributed by atoms with van der Waals surface area (Å²) in [5, 5.41) is 46.9. The van der Waals surface area contributed by atoms with Gasteiger partial charge in [-0.15, -0.1) is 0 Å². The molecule has 2 aliphatic rings. The SMILES string of the molecule is O=C(CN1CC(Oc2ccc(C3C[C@H]3B(O)O)c(O)c2C(=O)O)C1)NOCCO. The molecule has 0 radical (unpaired) electrons. The summed E-state index contributed by atoms with van der Waals surface area (Å²) >= 11 is 0. The Morgan fingerprint density at radius 1 is 1.28 bits per heavy atom. The average Bonchev–Trinajstić information content (AvgIpc) is 3.40. The van der Waals surface area contributed by atoms with Crippen LogP contribution in [-0.2, 0) is 9.63 Å². The van der Waals surface area contributed by atoms with E-state index < -0.39 is 24.7 Å². The number of aromatic hydroxyl groups is 1. The van der Waals surface area contributed by atoms with Crippen LogP contribution in [-0.4, -0.2) is 88.2 Å². The van der Waals surface area contributed by atoms with Crippen LogP contribution in [0, 0.1) is 0 Å². The zero-order valence-corrected chi connectivity index (χ0v) is 15.5. The smallest absolute Gasteiger partial charge is 0.455 e. The fourth-order valence-electron chi connectivity index (χ4n) is 3.41. The van der Waals surface area contributed by atoms with Gasteiger partial charge in [-0.2, -0.15) is 0 Å². The molecule has 3 rings (SSSR count). The number of hydrogen-bond donors (Lipinski definition) is 6. The van der Waals surface area contributed by atoms with Gasteiger partial charge in [0.15, 0.2) is 0 Å². The molecule has 1 amide bonds. The van der Waals surface area contributed by atoms with Gasteiger partial charge in [-0.25, -0.2) is 10.3 Å². The summed E-state index contributed by atoms with van der Waals surface area (Å²) in [4.78, 5) is 29.7. The van der Waals surface area contributed by atoms with Crippen molar-refractivity contribution in [2.75, 3.05) is 32.8 Å². The zero-order chi connectivity index (χ0) is 21.1. The minimum atomic E-state index is -1.52. The van der Waals surface area contributed by atoms with Crippen molar-refractivity contribution in [1.29, 1.82) is 0 Å². The first-order chi connectivity index (χ1) is 13.8. The lowest BCUT2D eigenvalue weighted by atomic mass is 9.81. The number of rotatable bonds is 10. The molecule has 0 bridgehead atoms. The Morgan fingerprint density at radius 3 is 2.59 bits per heavy atom. The second kappa shape index (κ2) is 8.97. The molecule has 1 saturated carbocycles. The number of benzene rings is 1. The molecule has 1 aromatic rings. The van der Waals surface area contributed by atoms with Crippen molar-refractivity contribution in [2.24, 2.45) is 0 Å². The van der Waals surface area contributed by atoms with Gasteiger partial charge in [0.25, 0.3) is 5.91 Å². The Hall–Kier alpha value is -2.38. The van der Waals surface area contributed by atoms with Crippen molar-refractivity contribution >= 4 is 19.0 Å². The van der Waals surface area contributed by atoms with Gasteiger partial charge in [-0.05, 0) is 24.0 Å². The van der Waals surface area contributed by atoms with Gasteiger partial charge in [-0.1, -0.05) is 6.07 Å². The van der Waals surface area contributed by atoms with E-state index in [4.69, 9.17) is 14.7 Å². The van der Waals surface area contributed by atoms with Crippen LogP contribution in [0.25, 0.3) is 0 Å². The van der Waals surface area contributed by atoms with Crippen LogP contribution in [0.5, 0.6) is 11.5 Å². The summed E-state index contributed by atoms with van der Waals surface area (Å²) < 4.78 is 5.69. The average molecular weight is 410 g/mol. The molecule has 0 spiro atoms. The van der Waals surface area contributed by atoms with Gasteiger partial charge in [-0.3, -0.25) is 14.5 Å². The van der Waals surface area contributed by atoms with Crippen LogP contribution in [0.15, 0.2) is 12.1 Å². The third-order valence-electron chi connectivity index (χ3n) is 4.97. The van der Waals surface area contributed by atoms with E-state index in [1.54, 1.807) is 4.90 Å². The predicted molar refractivity (Wildman–Crippen MR) is 98.4 cm³/mol. The summed E-state index contributed by atoms with van der Waals surface area (Å²) in [5.41, 5.74) is 2.17. The second-order valence-corrected chi connectivity index (χ2v) is 7.13. The van der Waals surface area contributed by atoms with Gasteiger partial charge >= 0.3 is 13.1 Å². The number of carbonyl (C=O) groups is 2. The van der Waals surface area contributed by atoms with E-state index >= 15 is 0 Å². The number of likely N-dealkylation sites (tertiary alicyclic amines) is 1. The van der Waals surface area contributed by atoms with Gasteiger partial charge in [0.2, 0.25) is 0 Å². The largest absolute Gasteiger partial charge is 0.507 e. The van der Waals surface area contributed by atoms with E-state index in [1.165, 1.54) is 12.1 Å². The van der Waals surface area contributed by atoms with Crippen LogP contribution in [0.2, 0.25) is 5.82 Å². The Labute approximate surface area is 166 Å². The molecule has 1 aromatic carbocycles. The number of phenols is 1. The topological polar surface area (TPSA) is 169 Å². The van der Waals surface area contributed by atoms with Crippen LogP contribution >= 0.6 is 0 Å². The van der Waals surface area contributed by atoms with Gasteiger partial charge in [0, 0.05) is 18.9 Å². The van der Waals surface area contributed by atoms with Crippen molar-refractivity contribution in [3.63, 3.8) is 0 Å². The minimum absolute atomic E-state index is 0.00615. The maximum absolute atomic E-state index is 11.6. The maximum atomic E-state index is 11.6. The molecular formula is C17H23BN2O9. The maximum Gasteiger partial charge on any atom is 0.455 e. The predicted octanol–water partition coefficient (Wildman–Crippen LogP) is -1.48. The Bertz CT molecular complexity index is 770. The van der Waals surface area contributed by atoms with E-state index in [-0.39, 0.29) is 49.0 Å². The van der Waals surface area contributed by atoms with Crippen molar-refractivity contribution < 1.29 is 44.5 Å². The molecule has 11 nitrogen and oxygen atoms in total. The highest BCUT2D eigenvalue weighted by atomic mass is 16.7. The standard InChI is InChI=1S/C17H23BN2O9/c21-3-4-28-19-14(22)8-20-6-9(7-20)29-13-2-1-10(11-5-12(11)18(26)27)16(23)15(13)17(24)25/h1-2,9,11-12,21,23,26-27H,3-8H2,(H,19,22)(H,24,25)/t11?,12-/m1/s1. The van der Waals surface area contributed by atoms with Gasteiger partial charge in [0.05, 0.1) is 19.8 Å². The summed E-state index contributed by atoms with van der Waals surface area (Å²) in [6.45, 7) is 0.619. The zero-order valence-electron chi connectivity index (χ0n) is 15.5. The number of carboxylic acid groups (broad SMARTS) is 1. The molecule has 1 aliphatic heterocycles. The first-order valence-electron chi connectivity index (χ1n) is 9.17.